The normalized spacial score (nSPS) is 23.1. The maximum absolute atomic E-state index is 14.1. The van der Waals surface area contributed by atoms with Crippen LogP contribution in [0, 0.1) is 5.82 Å². The number of ether oxygens (including phenoxy) is 1. The predicted molar refractivity (Wildman–Crippen MR) is 73.3 cm³/mol. The fourth-order valence-corrected chi connectivity index (χ4v) is 2.51. The first-order valence-electron chi connectivity index (χ1n) is 5.70. The van der Waals surface area contributed by atoms with Crippen molar-refractivity contribution in [1.82, 2.24) is 4.90 Å². The SMILES string of the molecule is CN1CCOC(C(N)c2ccc(Br)c(Cl)c2F)C1. The minimum atomic E-state index is -0.515. The van der Waals surface area contributed by atoms with Gasteiger partial charge in [0.15, 0.2) is 0 Å². The molecule has 1 aromatic rings. The number of halogens is 3. The number of likely N-dealkylation sites (N-methyl/N-ethyl adjacent to an activating group) is 1. The van der Waals surface area contributed by atoms with Crippen molar-refractivity contribution < 1.29 is 9.13 Å². The summed E-state index contributed by atoms with van der Waals surface area (Å²) in [7, 11) is 1.99. The van der Waals surface area contributed by atoms with Crippen molar-refractivity contribution in [3.05, 3.63) is 33.0 Å². The Morgan fingerprint density at radius 3 is 3.00 bits per heavy atom. The Morgan fingerprint density at radius 2 is 2.33 bits per heavy atom. The molecule has 0 radical (unpaired) electrons. The van der Waals surface area contributed by atoms with Crippen LogP contribution in [0.15, 0.2) is 16.6 Å². The molecule has 1 aliphatic rings. The molecule has 0 amide bonds. The average Bonchev–Trinajstić information content (AvgIpc) is 2.35. The summed E-state index contributed by atoms with van der Waals surface area (Å²) >= 11 is 9.05. The highest BCUT2D eigenvalue weighted by Crippen LogP contribution is 2.31. The van der Waals surface area contributed by atoms with E-state index in [0.29, 0.717) is 23.2 Å². The summed E-state index contributed by atoms with van der Waals surface area (Å²) in [4.78, 5) is 2.12. The standard InChI is InChI=1S/C12H15BrClFN2O/c1-17-4-5-18-9(6-17)12(16)7-2-3-8(13)10(14)11(7)15/h2-3,9,12H,4-6,16H2,1H3. The number of morpholine rings is 1. The zero-order chi connectivity index (χ0) is 13.3. The third-order valence-corrected chi connectivity index (χ3v) is 4.38. The van der Waals surface area contributed by atoms with Gasteiger partial charge in [0.05, 0.1) is 23.8 Å². The molecule has 2 rings (SSSR count). The van der Waals surface area contributed by atoms with Crippen LogP contribution in [0.3, 0.4) is 0 Å². The van der Waals surface area contributed by atoms with Gasteiger partial charge in [0.2, 0.25) is 0 Å². The molecule has 2 atom stereocenters. The molecule has 3 nitrogen and oxygen atoms in total. The molecule has 0 bridgehead atoms. The lowest BCUT2D eigenvalue weighted by atomic mass is 10.0. The van der Waals surface area contributed by atoms with Gasteiger partial charge >= 0.3 is 0 Å². The summed E-state index contributed by atoms with van der Waals surface area (Å²) in [6.45, 7) is 2.17. The van der Waals surface area contributed by atoms with Gasteiger partial charge in [0.25, 0.3) is 0 Å². The van der Waals surface area contributed by atoms with Gasteiger partial charge in [-0.1, -0.05) is 17.7 Å². The van der Waals surface area contributed by atoms with Crippen molar-refractivity contribution in [2.75, 3.05) is 26.7 Å². The van der Waals surface area contributed by atoms with Crippen LogP contribution in [0.25, 0.3) is 0 Å². The van der Waals surface area contributed by atoms with E-state index in [0.717, 1.165) is 6.54 Å². The van der Waals surface area contributed by atoms with Crippen molar-refractivity contribution in [2.24, 2.45) is 5.73 Å². The zero-order valence-corrected chi connectivity index (χ0v) is 12.3. The largest absolute Gasteiger partial charge is 0.374 e. The molecule has 6 heteroatoms. The summed E-state index contributed by atoms with van der Waals surface area (Å²) in [6, 6.07) is 2.83. The van der Waals surface area contributed by atoms with Crippen LogP contribution in [-0.4, -0.2) is 37.7 Å². The van der Waals surface area contributed by atoms with E-state index in [1.807, 2.05) is 7.05 Å². The second kappa shape index (κ2) is 5.84. The van der Waals surface area contributed by atoms with Gasteiger partial charge in [-0.2, -0.15) is 0 Å². The third kappa shape index (κ3) is 2.86. The molecular formula is C12H15BrClFN2O. The fourth-order valence-electron chi connectivity index (χ4n) is 2.03. The first-order chi connectivity index (χ1) is 8.50. The number of nitrogens with two attached hydrogens (primary N) is 1. The quantitative estimate of drug-likeness (QED) is 0.843. The van der Waals surface area contributed by atoms with Gasteiger partial charge in [-0.15, -0.1) is 0 Å². The summed E-state index contributed by atoms with van der Waals surface area (Å²) in [5.74, 6) is -0.477. The monoisotopic (exact) mass is 336 g/mol. The van der Waals surface area contributed by atoms with E-state index < -0.39 is 11.9 Å². The molecule has 0 aliphatic carbocycles. The molecule has 2 N–H and O–H groups in total. The highest BCUT2D eigenvalue weighted by molar-refractivity contribution is 9.10. The van der Waals surface area contributed by atoms with Crippen LogP contribution in [-0.2, 0) is 4.74 Å². The molecule has 0 aromatic heterocycles. The zero-order valence-electron chi connectivity index (χ0n) is 10.00. The van der Waals surface area contributed by atoms with Crippen molar-refractivity contribution in [3.8, 4) is 0 Å². The highest BCUT2D eigenvalue weighted by atomic mass is 79.9. The third-order valence-electron chi connectivity index (χ3n) is 3.12. The predicted octanol–water partition coefficient (Wildman–Crippen LogP) is 2.57. The topological polar surface area (TPSA) is 38.5 Å². The van der Waals surface area contributed by atoms with E-state index in [1.165, 1.54) is 0 Å². The Bertz CT molecular complexity index is 446. The molecule has 1 fully saturated rings. The number of nitrogens with zero attached hydrogens (tertiary/aromatic N) is 1. The summed E-state index contributed by atoms with van der Waals surface area (Å²) in [5, 5.41) is 0.0621. The number of benzene rings is 1. The fraction of sp³-hybridized carbons (Fsp3) is 0.500. The van der Waals surface area contributed by atoms with E-state index in [9.17, 15) is 4.39 Å². The van der Waals surface area contributed by atoms with E-state index in [2.05, 4.69) is 20.8 Å². The van der Waals surface area contributed by atoms with E-state index in [4.69, 9.17) is 22.1 Å². The number of rotatable bonds is 2. The van der Waals surface area contributed by atoms with Crippen molar-refractivity contribution in [3.63, 3.8) is 0 Å². The lowest BCUT2D eigenvalue weighted by molar-refractivity contribution is -0.0331. The Hall–Kier alpha value is -0.200. The molecule has 1 aromatic carbocycles. The first-order valence-corrected chi connectivity index (χ1v) is 6.87. The molecule has 0 saturated carbocycles. The van der Waals surface area contributed by atoms with Gasteiger partial charge in [-0.25, -0.2) is 4.39 Å². The van der Waals surface area contributed by atoms with Crippen LogP contribution in [0.2, 0.25) is 5.02 Å². The van der Waals surface area contributed by atoms with Gasteiger partial charge in [-0.05, 0) is 29.0 Å². The Kier molecular flexibility index (Phi) is 4.61. The minimum absolute atomic E-state index is 0.0621. The van der Waals surface area contributed by atoms with E-state index in [-0.39, 0.29) is 11.1 Å². The summed E-state index contributed by atoms with van der Waals surface area (Å²) < 4.78 is 20.2. The molecule has 0 spiro atoms. The second-order valence-corrected chi connectivity index (χ2v) is 5.69. The Morgan fingerprint density at radius 1 is 1.61 bits per heavy atom. The van der Waals surface area contributed by atoms with Crippen LogP contribution >= 0.6 is 27.5 Å². The summed E-state index contributed by atoms with van der Waals surface area (Å²) in [5.41, 5.74) is 6.48. The molecule has 2 unspecified atom stereocenters. The first kappa shape index (κ1) is 14.2. The molecule has 1 heterocycles. The number of hydrogen-bond acceptors (Lipinski definition) is 3. The minimum Gasteiger partial charge on any atom is -0.374 e. The molecular weight excluding hydrogens is 322 g/mol. The molecule has 18 heavy (non-hydrogen) atoms. The van der Waals surface area contributed by atoms with Crippen LogP contribution in [0.1, 0.15) is 11.6 Å². The van der Waals surface area contributed by atoms with Crippen molar-refractivity contribution >= 4 is 27.5 Å². The Labute approximate surface area is 119 Å². The van der Waals surface area contributed by atoms with Crippen LogP contribution in [0.4, 0.5) is 4.39 Å². The molecule has 100 valence electrons. The molecule has 1 aliphatic heterocycles. The van der Waals surface area contributed by atoms with E-state index >= 15 is 0 Å². The lowest BCUT2D eigenvalue weighted by Gasteiger charge is -2.33. The van der Waals surface area contributed by atoms with Gasteiger partial charge in [-0.3, -0.25) is 0 Å². The smallest absolute Gasteiger partial charge is 0.147 e. The summed E-state index contributed by atoms with van der Waals surface area (Å²) in [6.07, 6.45) is -0.213. The maximum Gasteiger partial charge on any atom is 0.147 e. The van der Waals surface area contributed by atoms with Gasteiger partial charge < -0.3 is 15.4 Å². The maximum atomic E-state index is 14.1. The van der Waals surface area contributed by atoms with Crippen molar-refractivity contribution in [2.45, 2.75) is 12.1 Å². The van der Waals surface area contributed by atoms with Crippen molar-refractivity contribution in [1.29, 1.82) is 0 Å². The lowest BCUT2D eigenvalue weighted by Crippen LogP contribution is -2.45. The average molecular weight is 338 g/mol. The van der Waals surface area contributed by atoms with Gasteiger partial charge in [0, 0.05) is 23.1 Å². The second-order valence-electron chi connectivity index (χ2n) is 4.46. The van der Waals surface area contributed by atoms with Crippen LogP contribution in [0.5, 0.6) is 0 Å². The van der Waals surface area contributed by atoms with E-state index in [1.54, 1.807) is 12.1 Å². The highest BCUT2D eigenvalue weighted by Gasteiger charge is 2.28. The molecule has 1 saturated heterocycles. The van der Waals surface area contributed by atoms with Gasteiger partial charge in [0.1, 0.15) is 5.82 Å². The van der Waals surface area contributed by atoms with Crippen LogP contribution < -0.4 is 5.73 Å². The Balaban J connectivity index is 2.23. The number of hydrogen-bond donors (Lipinski definition) is 1.